The molecule has 1 aromatic rings. The van der Waals surface area contributed by atoms with Crippen LogP contribution in [0.4, 0.5) is 19.0 Å². The van der Waals surface area contributed by atoms with E-state index in [1.54, 1.807) is 0 Å². The van der Waals surface area contributed by atoms with Gasteiger partial charge in [-0.05, 0) is 12.1 Å². The first-order chi connectivity index (χ1) is 7.83. The molecular formula is C9H9F3N2O3. The molecule has 0 aliphatic heterocycles. The average Bonchev–Trinajstić information content (AvgIpc) is 2.24. The lowest BCUT2D eigenvalue weighted by Crippen LogP contribution is -2.20. The van der Waals surface area contributed by atoms with Crippen molar-refractivity contribution in [3.8, 4) is 5.75 Å². The number of halogens is 3. The normalized spacial score (nSPS) is 11.1. The maximum Gasteiger partial charge on any atom is 0.422 e. The number of nitrogens with zero attached hydrogens (tertiary/aromatic N) is 1. The lowest BCUT2D eigenvalue weighted by Gasteiger charge is -2.12. The minimum Gasteiger partial charge on any atom is -0.480 e. The maximum absolute atomic E-state index is 11.9. The van der Waals surface area contributed by atoms with Gasteiger partial charge in [0.05, 0.1) is 0 Å². The summed E-state index contributed by atoms with van der Waals surface area (Å²) in [5.41, 5.74) is -0.284. The molecule has 1 aromatic heterocycles. The van der Waals surface area contributed by atoms with Gasteiger partial charge >= 0.3 is 12.1 Å². The number of anilines is 1. The molecule has 0 saturated carbocycles. The van der Waals surface area contributed by atoms with Crippen LogP contribution in [0.25, 0.3) is 0 Å². The minimum atomic E-state index is -4.46. The van der Waals surface area contributed by atoms with Crippen LogP contribution < -0.4 is 10.1 Å². The third kappa shape index (κ3) is 3.82. The van der Waals surface area contributed by atoms with Crippen LogP contribution >= 0.6 is 0 Å². The minimum absolute atomic E-state index is 0.0610. The van der Waals surface area contributed by atoms with Gasteiger partial charge in [0.25, 0.3) is 0 Å². The van der Waals surface area contributed by atoms with E-state index >= 15 is 0 Å². The quantitative estimate of drug-likeness (QED) is 0.852. The zero-order chi connectivity index (χ0) is 13.1. The first-order valence-electron chi connectivity index (χ1n) is 4.45. The maximum atomic E-state index is 11.9. The first kappa shape index (κ1) is 13.1. The van der Waals surface area contributed by atoms with Crippen LogP contribution in [0, 0.1) is 0 Å². The third-order valence-electron chi connectivity index (χ3n) is 1.71. The van der Waals surface area contributed by atoms with Crippen molar-refractivity contribution >= 4 is 11.8 Å². The van der Waals surface area contributed by atoms with Gasteiger partial charge in [-0.2, -0.15) is 13.2 Å². The van der Waals surface area contributed by atoms with Crippen molar-refractivity contribution in [3.63, 3.8) is 0 Å². The number of hydrogen-bond acceptors (Lipinski definition) is 4. The second-order valence-electron chi connectivity index (χ2n) is 3.00. The lowest BCUT2D eigenvalue weighted by molar-refractivity contribution is -0.153. The zero-order valence-electron chi connectivity index (χ0n) is 8.71. The Balaban J connectivity index is 2.89. The highest BCUT2D eigenvalue weighted by atomic mass is 19.4. The summed E-state index contributed by atoms with van der Waals surface area (Å²) in [5, 5.41) is 11.1. The fourth-order valence-corrected chi connectivity index (χ4v) is 1.02. The van der Waals surface area contributed by atoms with Crippen molar-refractivity contribution in [2.75, 3.05) is 19.0 Å². The molecule has 0 aliphatic rings. The van der Waals surface area contributed by atoms with Crippen molar-refractivity contribution in [1.82, 2.24) is 4.98 Å². The van der Waals surface area contributed by atoms with Gasteiger partial charge in [0.15, 0.2) is 23.9 Å². The van der Waals surface area contributed by atoms with Gasteiger partial charge in [0.1, 0.15) is 0 Å². The molecule has 8 heteroatoms. The van der Waals surface area contributed by atoms with Crippen LogP contribution in [0.3, 0.4) is 0 Å². The molecule has 1 rings (SSSR count). The summed E-state index contributed by atoms with van der Waals surface area (Å²) >= 11 is 0. The highest BCUT2D eigenvalue weighted by Crippen LogP contribution is 2.24. The van der Waals surface area contributed by atoms with Gasteiger partial charge < -0.3 is 15.2 Å². The Morgan fingerprint density at radius 3 is 2.65 bits per heavy atom. The molecule has 0 saturated heterocycles. The van der Waals surface area contributed by atoms with E-state index in [4.69, 9.17) is 5.11 Å². The van der Waals surface area contributed by atoms with Crippen LogP contribution in [0.5, 0.6) is 5.75 Å². The number of ether oxygens (including phenoxy) is 1. The fourth-order valence-electron chi connectivity index (χ4n) is 1.02. The Bertz CT molecular complexity index is 420. The van der Waals surface area contributed by atoms with Crippen LogP contribution in [0.2, 0.25) is 0 Å². The average molecular weight is 250 g/mol. The van der Waals surface area contributed by atoms with Gasteiger partial charge in [-0.15, -0.1) is 0 Å². The molecule has 0 aromatic carbocycles. The molecule has 0 atom stereocenters. The van der Waals surface area contributed by atoms with Gasteiger partial charge in [0, 0.05) is 7.05 Å². The molecule has 0 bridgehead atoms. The summed E-state index contributed by atoms with van der Waals surface area (Å²) in [6.45, 7) is -1.46. The number of alkyl halides is 3. The number of hydrogen-bond donors (Lipinski definition) is 2. The summed E-state index contributed by atoms with van der Waals surface area (Å²) < 4.78 is 40.3. The van der Waals surface area contributed by atoms with E-state index in [9.17, 15) is 18.0 Å². The number of carboxylic acids is 1. The van der Waals surface area contributed by atoms with Gasteiger partial charge in [-0.25, -0.2) is 9.78 Å². The molecule has 0 amide bonds. The van der Waals surface area contributed by atoms with Crippen molar-refractivity contribution in [2.24, 2.45) is 0 Å². The van der Waals surface area contributed by atoms with Gasteiger partial charge in [-0.1, -0.05) is 0 Å². The summed E-state index contributed by atoms with van der Waals surface area (Å²) in [4.78, 5) is 14.2. The van der Waals surface area contributed by atoms with Crippen LogP contribution in [0.15, 0.2) is 12.1 Å². The number of rotatable bonds is 4. The number of nitrogens with one attached hydrogen (secondary N) is 1. The fraction of sp³-hybridized carbons (Fsp3) is 0.333. The highest BCUT2D eigenvalue weighted by molar-refractivity contribution is 5.86. The Kier molecular flexibility index (Phi) is 3.77. The van der Waals surface area contributed by atoms with Crippen LogP contribution in [-0.4, -0.2) is 35.9 Å². The Hall–Kier alpha value is -1.99. The van der Waals surface area contributed by atoms with E-state index in [-0.39, 0.29) is 17.3 Å². The molecule has 0 aliphatic carbocycles. The second kappa shape index (κ2) is 4.89. The van der Waals surface area contributed by atoms with E-state index in [2.05, 4.69) is 15.0 Å². The molecule has 94 valence electrons. The molecule has 17 heavy (non-hydrogen) atoms. The predicted octanol–water partition coefficient (Wildman–Crippen LogP) is 1.76. The van der Waals surface area contributed by atoms with E-state index in [1.165, 1.54) is 7.05 Å². The number of aromatic nitrogens is 1. The SMILES string of the molecule is CNc1nc(C(=O)O)ccc1OCC(F)(F)F. The van der Waals surface area contributed by atoms with Crippen molar-refractivity contribution in [1.29, 1.82) is 0 Å². The topological polar surface area (TPSA) is 71.5 Å². The van der Waals surface area contributed by atoms with Crippen LogP contribution in [-0.2, 0) is 0 Å². The summed E-state index contributed by atoms with van der Waals surface area (Å²) in [6.07, 6.45) is -4.46. The molecule has 1 heterocycles. The van der Waals surface area contributed by atoms with E-state index < -0.39 is 18.8 Å². The number of carbonyl (C=O) groups is 1. The van der Waals surface area contributed by atoms with Crippen molar-refractivity contribution < 1.29 is 27.8 Å². The van der Waals surface area contributed by atoms with E-state index in [1.807, 2.05) is 0 Å². The van der Waals surface area contributed by atoms with Crippen molar-refractivity contribution in [2.45, 2.75) is 6.18 Å². The molecule has 0 spiro atoms. The molecule has 5 nitrogen and oxygen atoms in total. The van der Waals surface area contributed by atoms with Crippen molar-refractivity contribution in [3.05, 3.63) is 17.8 Å². The number of carboxylic acid groups (broad SMARTS) is 1. The highest BCUT2D eigenvalue weighted by Gasteiger charge is 2.29. The Morgan fingerprint density at radius 1 is 1.53 bits per heavy atom. The summed E-state index contributed by atoms with van der Waals surface area (Å²) in [6, 6.07) is 2.18. The van der Waals surface area contributed by atoms with E-state index in [0.29, 0.717) is 0 Å². The Morgan fingerprint density at radius 2 is 2.18 bits per heavy atom. The number of pyridine rings is 1. The van der Waals surface area contributed by atoms with E-state index in [0.717, 1.165) is 12.1 Å². The second-order valence-corrected chi connectivity index (χ2v) is 3.00. The standard InChI is InChI=1S/C9H9F3N2O3/c1-13-7-6(17-4-9(10,11)12)3-2-5(14-7)8(15)16/h2-3H,4H2,1H3,(H,13,14)(H,15,16). The van der Waals surface area contributed by atoms with Gasteiger partial charge in [0.2, 0.25) is 0 Å². The van der Waals surface area contributed by atoms with Crippen LogP contribution in [0.1, 0.15) is 10.5 Å². The third-order valence-corrected chi connectivity index (χ3v) is 1.71. The molecule has 0 fully saturated rings. The molecule has 0 radical (unpaired) electrons. The smallest absolute Gasteiger partial charge is 0.422 e. The lowest BCUT2D eigenvalue weighted by atomic mass is 10.3. The molecule has 2 N–H and O–H groups in total. The summed E-state index contributed by atoms with van der Waals surface area (Å²) in [7, 11) is 1.40. The summed E-state index contributed by atoms with van der Waals surface area (Å²) in [5.74, 6) is -1.49. The Labute approximate surface area is 94.2 Å². The number of aromatic carboxylic acids is 1. The predicted molar refractivity (Wildman–Crippen MR) is 52.3 cm³/mol. The van der Waals surface area contributed by atoms with Gasteiger partial charge in [-0.3, -0.25) is 0 Å². The first-order valence-corrected chi connectivity index (χ1v) is 4.45. The molecular weight excluding hydrogens is 241 g/mol. The zero-order valence-corrected chi connectivity index (χ0v) is 8.71. The molecule has 0 unspecified atom stereocenters. The largest absolute Gasteiger partial charge is 0.480 e. The monoisotopic (exact) mass is 250 g/mol.